The number of ether oxygens (including phenoxy) is 1. The largest absolute Gasteiger partial charge is 0.481 e. The third-order valence-electron chi connectivity index (χ3n) is 3.57. The number of aryl methyl sites for hydroxylation is 1. The van der Waals surface area contributed by atoms with Crippen LogP contribution in [0.1, 0.15) is 15.9 Å². The Morgan fingerprint density at radius 3 is 2.79 bits per heavy atom. The van der Waals surface area contributed by atoms with E-state index in [9.17, 15) is 4.79 Å². The predicted molar refractivity (Wildman–Crippen MR) is 88.4 cm³/mol. The van der Waals surface area contributed by atoms with Gasteiger partial charge in [0.1, 0.15) is 0 Å². The maximum atomic E-state index is 12.2. The zero-order valence-electron chi connectivity index (χ0n) is 13.4. The Bertz CT molecular complexity index is 842. The van der Waals surface area contributed by atoms with E-state index in [-0.39, 0.29) is 5.91 Å². The lowest BCUT2D eigenvalue weighted by molar-refractivity contribution is 0.0950. The second-order valence-corrected chi connectivity index (χ2v) is 5.19. The van der Waals surface area contributed by atoms with E-state index < -0.39 is 0 Å². The van der Waals surface area contributed by atoms with Crippen molar-refractivity contribution in [3.63, 3.8) is 0 Å². The van der Waals surface area contributed by atoms with Crippen LogP contribution in [0.2, 0.25) is 0 Å². The van der Waals surface area contributed by atoms with Crippen LogP contribution in [0.3, 0.4) is 0 Å². The molecule has 0 aliphatic rings. The fourth-order valence-corrected chi connectivity index (χ4v) is 2.30. The molecule has 1 N–H and O–H groups in total. The topological polar surface area (TPSA) is 81.9 Å². The van der Waals surface area contributed by atoms with Gasteiger partial charge in [0, 0.05) is 50.0 Å². The van der Waals surface area contributed by atoms with Crippen LogP contribution in [0.4, 0.5) is 0 Å². The van der Waals surface area contributed by atoms with E-state index in [1.54, 1.807) is 35.4 Å². The first-order chi connectivity index (χ1) is 11.7. The van der Waals surface area contributed by atoms with E-state index in [4.69, 9.17) is 4.74 Å². The molecule has 0 bridgehead atoms. The Balaban J connectivity index is 1.68. The van der Waals surface area contributed by atoms with Crippen molar-refractivity contribution in [1.82, 2.24) is 25.1 Å². The van der Waals surface area contributed by atoms with E-state index in [2.05, 4.69) is 20.4 Å². The summed E-state index contributed by atoms with van der Waals surface area (Å²) in [6.45, 7) is 0.379. The van der Waals surface area contributed by atoms with Gasteiger partial charge in [-0.3, -0.25) is 14.5 Å². The summed E-state index contributed by atoms with van der Waals surface area (Å²) in [7, 11) is 3.41. The van der Waals surface area contributed by atoms with Crippen molar-refractivity contribution in [2.45, 2.75) is 6.54 Å². The lowest BCUT2D eigenvalue weighted by atomic mass is 10.1. The molecule has 3 heterocycles. The highest BCUT2D eigenvalue weighted by Gasteiger charge is 2.08. The molecule has 0 aromatic carbocycles. The van der Waals surface area contributed by atoms with Crippen molar-refractivity contribution in [1.29, 1.82) is 0 Å². The lowest BCUT2D eigenvalue weighted by Gasteiger charge is -2.07. The summed E-state index contributed by atoms with van der Waals surface area (Å²) in [5.74, 6) is 0.274. The molecule has 0 unspecified atom stereocenters. The van der Waals surface area contributed by atoms with Crippen LogP contribution in [0.25, 0.3) is 11.3 Å². The maximum absolute atomic E-state index is 12.2. The van der Waals surface area contributed by atoms with Crippen LogP contribution in [0, 0.1) is 0 Å². The third-order valence-corrected chi connectivity index (χ3v) is 3.57. The summed E-state index contributed by atoms with van der Waals surface area (Å²) in [5.41, 5.74) is 3.30. The van der Waals surface area contributed by atoms with Crippen LogP contribution in [-0.4, -0.2) is 32.8 Å². The predicted octanol–water partition coefficient (Wildman–Crippen LogP) is 1.82. The molecule has 3 aromatic rings. The molecule has 0 saturated carbocycles. The number of amides is 1. The molecular weight excluding hydrogens is 306 g/mol. The maximum Gasteiger partial charge on any atom is 0.253 e. The molecule has 0 spiro atoms. The summed E-state index contributed by atoms with van der Waals surface area (Å²) in [6.07, 6.45) is 6.72. The van der Waals surface area contributed by atoms with Crippen molar-refractivity contribution in [3.05, 3.63) is 60.2 Å². The zero-order chi connectivity index (χ0) is 16.9. The monoisotopic (exact) mass is 323 g/mol. The molecule has 7 nitrogen and oxygen atoms in total. The van der Waals surface area contributed by atoms with Gasteiger partial charge in [0.05, 0.1) is 18.4 Å². The molecule has 0 aliphatic carbocycles. The number of pyridine rings is 2. The number of carbonyl (C=O) groups excluding carboxylic acids is 1. The van der Waals surface area contributed by atoms with Gasteiger partial charge in [-0.25, -0.2) is 4.98 Å². The van der Waals surface area contributed by atoms with Crippen LogP contribution < -0.4 is 10.1 Å². The molecule has 24 heavy (non-hydrogen) atoms. The van der Waals surface area contributed by atoms with Crippen molar-refractivity contribution >= 4 is 5.91 Å². The van der Waals surface area contributed by atoms with Gasteiger partial charge in [0.15, 0.2) is 0 Å². The van der Waals surface area contributed by atoms with Crippen molar-refractivity contribution in [2.75, 3.05) is 7.11 Å². The van der Waals surface area contributed by atoms with Gasteiger partial charge in [-0.1, -0.05) is 0 Å². The summed E-state index contributed by atoms with van der Waals surface area (Å²) >= 11 is 0. The molecule has 0 atom stereocenters. The average Bonchev–Trinajstić information content (AvgIpc) is 3.06. The van der Waals surface area contributed by atoms with E-state index in [0.717, 1.165) is 16.8 Å². The normalized spacial score (nSPS) is 10.4. The molecule has 7 heteroatoms. The Hall–Kier alpha value is -3.22. The quantitative estimate of drug-likeness (QED) is 0.774. The average molecular weight is 323 g/mol. The molecule has 0 radical (unpaired) electrons. The lowest BCUT2D eigenvalue weighted by Crippen LogP contribution is -2.23. The van der Waals surface area contributed by atoms with Gasteiger partial charge in [0.2, 0.25) is 5.88 Å². The number of carbonyl (C=O) groups is 1. The zero-order valence-corrected chi connectivity index (χ0v) is 13.4. The molecular formula is C17H17N5O2. The molecule has 0 aliphatic heterocycles. The van der Waals surface area contributed by atoms with E-state index >= 15 is 0 Å². The third kappa shape index (κ3) is 3.40. The highest BCUT2D eigenvalue weighted by atomic mass is 16.5. The first-order valence-corrected chi connectivity index (χ1v) is 7.38. The Morgan fingerprint density at radius 2 is 2.12 bits per heavy atom. The summed E-state index contributed by atoms with van der Waals surface area (Å²) in [6, 6.07) is 7.23. The van der Waals surface area contributed by atoms with Gasteiger partial charge >= 0.3 is 0 Å². The van der Waals surface area contributed by atoms with Gasteiger partial charge in [-0.05, 0) is 23.8 Å². The van der Waals surface area contributed by atoms with Gasteiger partial charge in [0.25, 0.3) is 5.91 Å². The number of nitrogens with one attached hydrogen (secondary N) is 1. The molecule has 3 rings (SSSR count). The summed E-state index contributed by atoms with van der Waals surface area (Å²) in [4.78, 5) is 20.4. The van der Waals surface area contributed by atoms with Crippen LogP contribution >= 0.6 is 0 Å². The van der Waals surface area contributed by atoms with E-state index in [0.29, 0.717) is 18.0 Å². The Morgan fingerprint density at radius 1 is 1.25 bits per heavy atom. The Labute approximate surface area is 139 Å². The first kappa shape index (κ1) is 15.7. The SMILES string of the molecule is COc1ccc(C(=O)NCc2cncc(-c3ccnn3C)c2)cn1. The smallest absolute Gasteiger partial charge is 0.253 e. The molecule has 0 saturated heterocycles. The number of methoxy groups -OCH3 is 1. The van der Waals surface area contributed by atoms with Crippen LogP contribution in [0.15, 0.2) is 49.1 Å². The van der Waals surface area contributed by atoms with Crippen molar-refractivity contribution in [2.24, 2.45) is 7.05 Å². The number of aromatic nitrogens is 4. The van der Waals surface area contributed by atoms with Crippen molar-refractivity contribution < 1.29 is 9.53 Å². The fraction of sp³-hybridized carbons (Fsp3) is 0.176. The fourth-order valence-electron chi connectivity index (χ4n) is 2.30. The van der Waals surface area contributed by atoms with Gasteiger partial charge < -0.3 is 10.1 Å². The highest BCUT2D eigenvalue weighted by molar-refractivity contribution is 5.93. The molecule has 0 fully saturated rings. The van der Waals surface area contributed by atoms with Gasteiger partial charge in [-0.2, -0.15) is 5.10 Å². The Kier molecular flexibility index (Phi) is 4.51. The van der Waals surface area contributed by atoms with E-state index in [1.165, 1.54) is 13.3 Å². The van der Waals surface area contributed by atoms with Crippen molar-refractivity contribution in [3.8, 4) is 17.1 Å². The standard InChI is InChI=1S/C17H17N5O2/c1-22-15(5-6-21-22)14-7-12(8-18-10-14)9-20-17(23)13-3-4-16(24-2)19-11-13/h3-8,10-11H,9H2,1-2H3,(H,20,23). The minimum Gasteiger partial charge on any atom is -0.481 e. The first-order valence-electron chi connectivity index (χ1n) is 7.38. The summed E-state index contributed by atoms with van der Waals surface area (Å²) in [5, 5.41) is 7.01. The van der Waals surface area contributed by atoms with Gasteiger partial charge in [-0.15, -0.1) is 0 Å². The number of rotatable bonds is 5. The summed E-state index contributed by atoms with van der Waals surface area (Å²) < 4.78 is 6.76. The number of hydrogen-bond donors (Lipinski definition) is 1. The van der Waals surface area contributed by atoms with Crippen LogP contribution in [-0.2, 0) is 13.6 Å². The minimum atomic E-state index is -0.198. The van der Waals surface area contributed by atoms with E-state index in [1.807, 2.05) is 19.2 Å². The molecule has 122 valence electrons. The van der Waals surface area contributed by atoms with Crippen LogP contribution in [0.5, 0.6) is 5.88 Å². The molecule has 3 aromatic heterocycles. The minimum absolute atomic E-state index is 0.198. The number of hydrogen-bond acceptors (Lipinski definition) is 5. The number of nitrogens with zero attached hydrogens (tertiary/aromatic N) is 4. The molecule has 1 amide bonds. The second kappa shape index (κ2) is 6.91. The highest BCUT2D eigenvalue weighted by Crippen LogP contribution is 2.18. The second-order valence-electron chi connectivity index (χ2n) is 5.19.